The van der Waals surface area contributed by atoms with Gasteiger partial charge in [-0.25, -0.2) is 0 Å². The van der Waals surface area contributed by atoms with Crippen molar-refractivity contribution in [3.63, 3.8) is 0 Å². The number of aliphatic hydroxyl groups is 1. The Bertz CT molecular complexity index is 411. The molecule has 1 aromatic carbocycles. The summed E-state index contributed by atoms with van der Waals surface area (Å²) in [6, 6.07) is 7.53. The third kappa shape index (κ3) is 4.04. The van der Waals surface area contributed by atoms with Gasteiger partial charge in [0.15, 0.2) is 0 Å². The van der Waals surface area contributed by atoms with Crippen LogP contribution in [0, 0.1) is 0 Å². The van der Waals surface area contributed by atoms with Gasteiger partial charge in [-0.15, -0.1) is 0 Å². The normalized spacial score (nSPS) is 12.9. The minimum atomic E-state index is -0.819. The average molecular weight is 250 g/mol. The molecule has 0 saturated heterocycles. The van der Waals surface area contributed by atoms with E-state index in [1.54, 1.807) is 20.9 Å². The maximum atomic E-state index is 11.4. The number of hydrogen-bond acceptors (Lipinski definition) is 3. The highest BCUT2D eigenvalue weighted by molar-refractivity contribution is 5.80. The summed E-state index contributed by atoms with van der Waals surface area (Å²) < 4.78 is 0. The molecule has 0 radical (unpaired) electrons. The molecular weight excluding hydrogens is 228 g/mol. The predicted molar refractivity (Wildman–Crippen MR) is 73.6 cm³/mol. The molecule has 0 bridgehead atoms. The van der Waals surface area contributed by atoms with Crippen LogP contribution in [0.5, 0.6) is 0 Å². The Morgan fingerprint density at radius 3 is 2.56 bits per heavy atom. The van der Waals surface area contributed by atoms with Crippen molar-refractivity contribution in [3.8, 4) is 0 Å². The van der Waals surface area contributed by atoms with Crippen LogP contribution in [-0.4, -0.2) is 29.7 Å². The molecule has 1 atom stereocenters. The van der Waals surface area contributed by atoms with Crippen molar-refractivity contribution in [1.82, 2.24) is 5.32 Å². The molecule has 0 aliphatic heterocycles. The third-order valence-electron chi connectivity index (χ3n) is 3.08. The van der Waals surface area contributed by atoms with E-state index in [1.165, 1.54) is 0 Å². The molecule has 4 nitrogen and oxygen atoms in total. The molecule has 0 saturated carbocycles. The highest BCUT2D eigenvalue weighted by Crippen LogP contribution is 2.20. The van der Waals surface area contributed by atoms with E-state index in [9.17, 15) is 9.90 Å². The van der Waals surface area contributed by atoms with E-state index in [1.807, 2.05) is 31.2 Å². The minimum absolute atomic E-state index is 0.0276. The number of carbonyl (C=O) groups excluding carboxylic acids is 1. The molecule has 0 fully saturated rings. The van der Waals surface area contributed by atoms with Crippen LogP contribution in [0.3, 0.4) is 0 Å². The average Bonchev–Trinajstić information content (AvgIpc) is 2.30. The molecule has 4 heteroatoms. The number of nitrogens with one attached hydrogen (secondary N) is 2. The second-order valence-corrected chi connectivity index (χ2v) is 5.03. The van der Waals surface area contributed by atoms with Crippen LogP contribution < -0.4 is 10.6 Å². The SMILES string of the molecule is CNC(=O)Cc1ccccc1NC(C)C(C)(C)O. The number of hydrogen-bond donors (Lipinski definition) is 3. The molecule has 100 valence electrons. The summed E-state index contributed by atoms with van der Waals surface area (Å²) in [5.41, 5.74) is 0.990. The number of rotatable bonds is 5. The van der Waals surface area contributed by atoms with E-state index in [0.717, 1.165) is 11.3 Å². The Labute approximate surface area is 108 Å². The summed E-state index contributed by atoms with van der Waals surface area (Å²) >= 11 is 0. The highest BCUT2D eigenvalue weighted by atomic mass is 16.3. The molecule has 1 rings (SSSR count). The molecule has 0 heterocycles. The van der Waals surface area contributed by atoms with Crippen molar-refractivity contribution in [3.05, 3.63) is 29.8 Å². The molecule has 0 spiro atoms. The lowest BCUT2D eigenvalue weighted by Gasteiger charge is -2.28. The van der Waals surface area contributed by atoms with Gasteiger partial charge in [0.25, 0.3) is 0 Å². The maximum Gasteiger partial charge on any atom is 0.224 e. The molecular formula is C14H22N2O2. The summed E-state index contributed by atoms with van der Waals surface area (Å²) in [5.74, 6) is -0.0276. The molecule has 18 heavy (non-hydrogen) atoms. The quantitative estimate of drug-likeness (QED) is 0.743. The molecule has 1 aromatic rings. The number of anilines is 1. The van der Waals surface area contributed by atoms with Crippen LogP contribution in [0.25, 0.3) is 0 Å². The summed E-state index contributed by atoms with van der Waals surface area (Å²) in [5, 5.41) is 15.8. The number of para-hydroxylation sites is 1. The monoisotopic (exact) mass is 250 g/mol. The zero-order valence-corrected chi connectivity index (χ0v) is 11.4. The summed E-state index contributed by atoms with van der Waals surface area (Å²) in [4.78, 5) is 11.4. The summed E-state index contributed by atoms with van der Waals surface area (Å²) in [6.07, 6.45) is 0.332. The van der Waals surface area contributed by atoms with Crippen LogP contribution in [0.15, 0.2) is 24.3 Å². The van der Waals surface area contributed by atoms with Crippen molar-refractivity contribution in [2.75, 3.05) is 12.4 Å². The van der Waals surface area contributed by atoms with Crippen LogP contribution in [-0.2, 0) is 11.2 Å². The van der Waals surface area contributed by atoms with E-state index in [-0.39, 0.29) is 11.9 Å². The number of likely N-dealkylation sites (N-methyl/N-ethyl adjacent to an activating group) is 1. The standard InChI is InChI=1S/C14H22N2O2/c1-10(14(2,3)18)16-12-8-6-5-7-11(12)9-13(17)15-4/h5-8,10,16,18H,9H2,1-4H3,(H,15,17). The van der Waals surface area contributed by atoms with Gasteiger partial charge in [0.1, 0.15) is 0 Å². The molecule has 0 aliphatic carbocycles. The van der Waals surface area contributed by atoms with E-state index in [2.05, 4.69) is 10.6 Å². The van der Waals surface area contributed by atoms with Crippen molar-refractivity contribution < 1.29 is 9.90 Å². The second kappa shape index (κ2) is 5.87. The molecule has 3 N–H and O–H groups in total. The summed E-state index contributed by atoms with van der Waals surface area (Å²) in [6.45, 7) is 5.43. The predicted octanol–water partition coefficient (Wildman–Crippen LogP) is 1.55. The first-order valence-electron chi connectivity index (χ1n) is 6.12. The molecule has 0 aliphatic rings. The van der Waals surface area contributed by atoms with Gasteiger partial charge in [-0.1, -0.05) is 18.2 Å². The number of benzene rings is 1. The smallest absolute Gasteiger partial charge is 0.224 e. The second-order valence-electron chi connectivity index (χ2n) is 5.03. The van der Waals surface area contributed by atoms with Crippen LogP contribution in [0.4, 0.5) is 5.69 Å². The number of carbonyl (C=O) groups is 1. The van der Waals surface area contributed by atoms with Gasteiger partial charge in [0, 0.05) is 12.7 Å². The Morgan fingerprint density at radius 2 is 2.00 bits per heavy atom. The topological polar surface area (TPSA) is 61.4 Å². The van der Waals surface area contributed by atoms with Gasteiger partial charge in [-0.3, -0.25) is 4.79 Å². The van der Waals surface area contributed by atoms with Gasteiger partial charge in [0.2, 0.25) is 5.91 Å². The number of amides is 1. The van der Waals surface area contributed by atoms with Crippen LogP contribution in [0.2, 0.25) is 0 Å². The van der Waals surface area contributed by atoms with Crippen molar-refractivity contribution >= 4 is 11.6 Å². The zero-order chi connectivity index (χ0) is 13.8. The van der Waals surface area contributed by atoms with Gasteiger partial charge in [-0.05, 0) is 32.4 Å². The van der Waals surface area contributed by atoms with E-state index in [4.69, 9.17) is 0 Å². The van der Waals surface area contributed by atoms with E-state index >= 15 is 0 Å². The van der Waals surface area contributed by atoms with Crippen molar-refractivity contribution in [2.45, 2.75) is 38.8 Å². The minimum Gasteiger partial charge on any atom is -0.388 e. The van der Waals surface area contributed by atoms with Gasteiger partial charge in [0.05, 0.1) is 18.1 Å². The third-order valence-corrected chi connectivity index (χ3v) is 3.08. The van der Waals surface area contributed by atoms with Gasteiger partial charge in [-0.2, -0.15) is 0 Å². The maximum absolute atomic E-state index is 11.4. The first-order valence-corrected chi connectivity index (χ1v) is 6.12. The van der Waals surface area contributed by atoms with Crippen molar-refractivity contribution in [2.24, 2.45) is 0 Å². The molecule has 1 amide bonds. The zero-order valence-electron chi connectivity index (χ0n) is 11.4. The lowest BCUT2D eigenvalue weighted by molar-refractivity contribution is -0.119. The fourth-order valence-corrected chi connectivity index (χ4v) is 1.49. The molecule has 0 aromatic heterocycles. The fourth-order valence-electron chi connectivity index (χ4n) is 1.49. The highest BCUT2D eigenvalue weighted by Gasteiger charge is 2.22. The summed E-state index contributed by atoms with van der Waals surface area (Å²) in [7, 11) is 1.62. The van der Waals surface area contributed by atoms with Gasteiger partial charge >= 0.3 is 0 Å². The largest absolute Gasteiger partial charge is 0.388 e. The lowest BCUT2D eigenvalue weighted by atomic mass is 9.99. The fraction of sp³-hybridized carbons (Fsp3) is 0.500. The Morgan fingerprint density at radius 1 is 1.39 bits per heavy atom. The lowest BCUT2D eigenvalue weighted by Crippen LogP contribution is -2.39. The Balaban J connectivity index is 2.85. The first-order chi connectivity index (χ1) is 8.34. The van der Waals surface area contributed by atoms with Gasteiger partial charge < -0.3 is 15.7 Å². The Kier molecular flexibility index (Phi) is 4.73. The van der Waals surface area contributed by atoms with E-state index < -0.39 is 5.60 Å². The van der Waals surface area contributed by atoms with Crippen LogP contribution in [0.1, 0.15) is 26.3 Å². The van der Waals surface area contributed by atoms with Crippen LogP contribution >= 0.6 is 0 Å². The van der Waals surface area contributed by atoms with Crippen molar-refractivity contribution in [1.29, 1.82) is 0 Å². The molecule has 1 unspecified atom stereocenters. The Hall–Kier alpha value is -1.55. The first kappa shape index (κ1) is 14.5. The van der Waals surface area contributed by atoms with E-state index in [0.29, 0.717) is 6.42 Å².